The second-order valence-electron chi connectivity index (χ2n) is 2.69. The summed E-state index contributed by atoms with van der Waals surface area (Å²) in [6.45, 7) is 3.32. The lowest BCUT2D eigenvalue weighted by Crippen LogP contribution is -2.23. The molecule has 1 aromatic rings. The van der Waals surface area contributed by atoms with Gasteiger partial charge >= 0.3 is 12.0 Å². The van der Waals surface area contributed by atoms with E-state index in [0.29, 0.717) is 5.69 Å². The summed E-state index contributed by atoms with van der Waals surface area (Å²) in [5.41, 5.74) is 0.528. The Hall–Kier alpha value is -2.30. The van der Waals surface area contributed by atoms with Gasteiger partial charge in [-0.2, -0.15) is 0 Å². The Morgan fingerprint density at radius 1 is 1.40 bits per heavy atom. The summed E-state index contributed by atoms with van der Waals surface area (Å²) in [6.07, 6.45) is 1.23. The van der Waals surface area contributed by atoms with Crippen molar-refractivity contribution in [3.63, 3.8) is 0 Å². The van der Waals surface area contributed by atoms with Gasteiger partial charge in [0.25, 0.3) is 0 Å². The minimum atomic E-state index is -1.04. The zero-order valence-electron chi connectivity index (χ0n) is 7.86. The Balaban J connectivity index is 2.77. The van der Waals surface area contributed by atoms with Gasteiger partial charge in [-0.1, -0.05) is 12.6 Å². The van der Waals surface area contributed by atoms with Crippen LogP contribution >= 0.6 is 0 Å². The molecule has 0 saturated heterocycles. The van der Waals surface area contributed by atoms with Crippen molar-refractivity contribution in [2.75, 3.05) is 5.32 Å². The molecule has 0 aliphatic heterocycles. The number of carbonyl (C=O) groups is 2. The number of carboxylic acid groups (broad SMARTS) is 1. The van der Waals surface area contributed by atoms with E-state index in [9.17, 15) is 9.59 Å². The molecule has 0 unspecified atom stereocenters. The Morgan fingerprint density at radius 3 is 2.73 bits per heavy atom. The zero-order chi connectivity index (χ0) is 11.3. The fourth-order valence-electron chi connectivity index (χ4n) is 0.990. The summed E-state index contributed by atoms with van der Waals surface area (Å²) in [7, 11) is 0. The predicted octanol–water partition coefficient (Wildman–Crippen LogP) is 1.65. The number of amides is 2. The van der Waals surface area contributed by atoms with Crippen LogP contribution in [0.4, 0.5) is 10.5 Å². The third-order valence-corrected chi connectivity index (χ3v) is 1.60. The van der Waals surface area contributed by atoms with E-state index >= 15 is 0 Å². The number of nitrogens with one attached hydrogen (secondary N) is 2. The van der Waals surface area contributed by atoms with E-state index in [-0.39, 0.29) is 5.56 Å². The molecule has 3 N–H and O–H groups in total. The van der Waals surface area contributed by atoms with Gasteiger partial charge < -0.3 is 15.7 Å². The molecule has 0 aromatic heterocycles. The Labute approximate surface area is 86.4 Å². The molecule has 0 heterocycles. The van der Waals surface area contributed by atoms with Crippen molar-refractivity contribution in [3.8, 4) is 0 Å². The highest BCUT2D eigenvalue weighted by molar-refractivity contribution is 5.93. The molecule has 78 valence electrons. The van der Waals surface area contributed by atoms with Crippen molar-refractivity contribution in [1.29, 1.82) is 0 Å². The molecule has 0 radical (unpaired) electrons. The van der Waals surface area contributed by atoms with Crippen LogP contribution in [0.5, 0.6) is 0 Å². The molecule has 0 aliphatic carbocycles. The highest BCUT2D eigenvalue weighted by Crippen LogP contribution is 2.10. The van der Waals surface area contributed by atoms with Crippen molar-refractivity contribution in [2.45, 2.75) is 0 Å². The molecule has 1 aromatic carbocycles. The van der Waals surface area contributed by atoms with Crippen LogP contribution in [0.15, 0.2) is 37.0 Å². The summed E-state index contributed by atoms with van der Waals surface area (Å²) in [6, 6.07) is 5.49. The number of aromatic carboxylic acids is 1. The van der Waals surface area contributed by atoms with Crippen LogP contribution in [-0.2, 0) is 0 Å². The lowest BCUT2D eigenvalue weighted by atomic mass is 10.2. The molecule has 1 rings (SSSR count). The SMILES string of the molecule is C=CNC(=O)Nc1cccc(C(=O)O)c1. The van der Waals surface area contributed by atoms with Crippen molar-refractivity contribution < 1.29 is 14.7 Å². The average Bonchev–Trinajstić information content (AvgIpc) is 2.18. The summed E-state index contributed by atoms with van der Waals surface area (Å²) < 4.78 is 0. The maximum atomic E-state index is 11.1. The Kier molecular flexibility index (Phi) is 3.45. The first-order valence-corrected chi connectivity index (χ1v) is 4.15. The molecule has 0 spiro atoms. The number of carboxylic acids is 1. The van der Waals surface area contributed by atoms with Crippen LogP contribution in [0.3, 0.4) is 0 Å². The molecule has 5 heteroatoms. The molecule has 2 amide bonds. The number of hydrogen-bond donors (Lipinski definition) is 3. The molecule has 0 saturated carbocycles. The molecular weight excluding hydrogens is 196 g/mol. The third kappa shape index (κ3) is 3.15. The van der Waals surface area contributed by atoms with E-state index in [1.54, 1.807) is 12.1 Å². The fourth-order valence-corrected chi connectivity index (χ4v) is 0.990. The summed E-state index contributed by atoms with van der Waals surface area (Å²) in [5.74, 6) is -1.04. The van der Waals surface area contributed by atoms with Crippen molar-refractivity contribution in [3.05, 3.63) is 42.6 Å². The molecule has 0 bridgehead atoms. The number of hydrogen-bond acceptors (Lipinski definition) is 2. The molecule has 15 heavy (non-hydrogen) atoms. The van der Waals surface area contributed by atoms with E-state index in [2.05, 4.69) is 17.2 Å². The summed E-state index contributed by atoms with van der Waals surface area (Å²) >= 11 is 0. The smallest absolute Gasteiger partial charge is 0.335 e. The average molecular weight is 206 g/mol. The van der Waals surface area contributed by atoms with E-state index in [4.69, 9.17) is 5.11 Å². The molecule has 0 aliphatic rings. The lowest BCUT2D eigenvalue weighted by Gasteiger charge is -2.04. The number of rotatable bonds is 3. The molecule has 0 fully saturated rings. The minimum absolute atomic E-state index is 0.117. The van der Waals surface area contributed by atoms with Crippen LogP contribution in [-0.4, -0.2) is 17.1 Å². The maximum Gasteiger partial charge on any atom is 0.335 e. The van der Waals surface area contributed by atoms with Crippen LogP contribution < -0.4 is 10.6 Å². The van der Waals surface area contributed by atoms with Crippen LogP contribution in [0.2, 0.25) is 0 Å². The van der Waals surface area contributed by atoms with Gasteiger partial charge in [0, 0.05) is 5.69 Å². The van der Waals surface area contributed by atoms with Crippen LogP contribution in [0.25, 0.3) is 0 Å². The van der Waals surface area contributed by atoms with Crippen LogP contribution in [0, 0.1) is 0 Å². The van der Waals surface area contributed by atoms with Gasteiger partial charge in [0.2, 0.25) is 0 Å². The van der Waals surface area contributed by atoms with Crippen molar-refractivity contribution in [1.82, 2.24) is 5.32 Å². The second kappa shape index (κ2) is 4.80. The second-order valence-corrected chi connectivity index (χ2v) is 2.69. The predicted molar refractivity (Wildman–Crippen MR) is 55.8 cm³/mol. The first-order chi connectivity index (χ1) is 7.13. The van der Waals surface area contributed by atoms with Gasteiger partial charge in [0.1, 0.15) is 0 Å². The van der Waals surface area contributed by atoms with E-state index in [0.717, 1.165) is 0 Å². The number of benzene rings is 1. The lowest BCUT2D eigenvalue weighted by molar-refractivity contribution is 0.0697. The molecule has 5 nitrogen and oxygen atoms in total. The molecular formula is C10H10N2O3. The van der Waals surface area contributed by atoms with Gasteiger partial charge in [-0.15, -0.1) is 0 Å². The van der Waals surface area contributed by atoms with Gasteiger partial charge in [-0.25, -0.2) is 9.59 Å². The number of anilines is 1. The topological polar surface area (TPSA) is 78.4 Å². The van der Waals surface area contributed by atoms with Gasteiger partial charge in [-0.3, -0.25) is 0 Å². The standard InChI is InChI=1S/C10H10N2O3/c1-2-11-10(15)12-8-5-3-4-7(6-8)9(13)14/h2-6H,1H2,(H,13,14)(H2,11,12,15). The highest BCUT2D eigenvalue weighted by Gasteiger charge is 2.04. The summed E-state index contributed by atoms with van der Waals surface area (Å²) in [5, 5.41) is 13.5. The monoisotopic (exact) mass is 206 g/mol. The molecule has 0 atom stereocenters. The first-order valence-electron chi connectivity index (χ1n) is 4.15. The summed E-state index contributed by atoms with van der Waals surface area (Å²) in [4.78, 5) is 21.7. The third-order valence-electron chi connectivity index (χ3n) is 1.60. The van der Waals surface area contributed by atoms with E-state index < -0.39 is 12.0 Å². The quantitative estimate of drug-likeness (QED) is 0.703. The van der Waals surface area contributed by atoms with E-state index in [1.807, 2.05) is 0 Å². The fraction of sp³-hybridized carbons (Fsp3) is 0. The Bertz CT molecular complexity index is 401. The number of carbonyl (C=O) groups excluding carboxylic acids is 1. The van der Waals surface area contributed by atoms with Gasteiger partial charge in [0.05, 0.1) is 5.56 Å². The normalized spacial score (nSPS) is 9.07. The zero-order valence-corrected chi connectivity index (χ0v) is 7.86. The van der Waals surface area contributed by atoms with Gasteiger partial charge in [-0.05, 0) is 24.4 Å². The van der Waals surface area contributed by atoms with Crippen LogP contribution in [0.1, 0.15) is 10.4 Å². The van der Waals surface area contributed by atoms with Crippen molar-refractivity contribution >= 4 is 17.7 Å². The van der Waals surface area contributed by atoms with Gasteiger partial charge in [0.15, 0.2) is 0 Å². The number of urea groups is 1. The first kappa shape index (κ1) is 10.8. The minimum Gasteiger partial charge on any atom is -0.478 e. The highest BCUT2D eigenvalue weighted by atomic mass is 16.4. The largest absolute Gasteiger partial charge is 0.478 e. The van der Waals surface area contributed by atoms with E-state index in [1.165, 1.54) is 18.3 Å². The van der Waals surface area contributed by atoms with Crippen molar-refractivity contribution in [2.24, 2.45) is 0 Å². The Morgan fingerprint density at radius 2 is 2.13 bits per heavy atom. The maximum absolute atomic E-state index is 11.1.